The smallest absolute Gasteiger partial charge is 0.264 e. The van der Waals surface area contributed by atoms with Gasteiger partial charge in [-0.15, -0.1) is 0 Å². The van der Waals surface area contributed by atoms with Gasteiger partial charge in [0.2, 0.25) is 11.8 Å². The third kappa shape index (κ3) is 8.49. The van der Waals surface area contributed by atoms with E-state index in [9.17, 15) is 18.0 Å². The van der Waals surface area contributed by atoms with Crippen molar-refractivity contribution in [2.24, 2.45) is 0 Å². The first-order valence-electron chi connectivity index (χ1n) is 14.7. The highest BCUT2D eigenvalue weighted by Crippen LogP contribution is 2.29. The lowest BCUT2D eigenvalue weighted by atomic mass is 10.0. The number of rotatable bonds is 13. The molecule has 0 heterocycles. The van der Waals surface area contributed by atoms with E-state index in [1.54, 1.807) is 61.5 Å². The molecule has 0 aliphatic rings. The zero-order valence-electron chi connectivity index (χ0n) is 25.5. The molecule has 236 valence electrons. The second kappa shape index (κ2) is 15.2. The standard InChI is InChI=1S/C35H37ClFN3O4S/c1-4-26(3)38-35(42)33(22-27-13-7-5-8-14-27)39(23-28-15-11-12-18-31(28)37)34(41)24-40(32-20-19-29(36)21-25(32)2)45(43,44)30-16-9-6-10-17-30/h5-21,26,33H,4,22-24H2,1-3H3,(H,38,42)/t26-,33+/m1/s1. The molecule has 0 fully saturated rings. The lowest BCUT2D eigenvalue weighted by molar-refractivity contribution is -0.140. The molecule has 0 saturated heterocycles. The van der Waals surface area contributed by atoms with Crippen LogP contribution in [0.2, 0.25) is 5.02 Å². The van der Waals surface area contributed by atoms with Gasteiger partial charge in [0.25, 0.3) is 10.0 Å². The fourth-order valence-corrected chi connectivity index (χ4v) is 6.66. The van der Waals surface area contributed by atoms with Gasteiger partial charge < -0.3 is 10.2 Å². The van der Waals surface area contributed by atoms with Gasteiger partial charge in [-0.25, -0.2) is 12.8 Å². The Morgan fingerprint density at radius 1 is 0.911 bits per heavy atom. The summed E-state index contributed by atoms with van der Waals surface area (Å²) < 4.78 is 44.3. The Morgan fingerprint density at radius 2 is 1.53 bits per heavy atom. The molecule has 2 atom stereocenters. The second-order valence-electron chi connectivity index (χ2n) is 10.9. The molecular weight excluding hydrogens is 613 g/mol. The van der Waals surface area contributed by atoms with Gasteiger partial charge in [0.15, 0.2) is 0 Å². The molecule has 0 aliphatic heterocycles. The molecule has 4 aromatic rings. The van der Waals surface area contributed by atoms with Crippen molar-refractivity contribution in [3.05, 3.63) is 131 Å². The highest BCUT2D eigenvalue weighted by molar-refractivity contribution is 7.92. The summed E-state index contributed by atoms with van der Waals surface area (Å²) in [4.78, 5) is 29.6. The van der Waals surface area contributed by atoms with Gasteiger partial charge in [0, 0.05) is 29.6 Å². The molecule has 4 rings (SSSR count). The quantitative estimate of drug-likeness (QED) is 0.178. The molecular formula is C35H37ClFN3O4S. The summed E-state index contributed by atoms with van der Waals surface area (Å²) in [6.45, 7) is 4.60. The number of carbonyl (C=O) groups excluding carboxylic acids is 2. The predicted molar refractivity (Wildman–Crippen MR) is 176 cm³/mol. The summed E-state index contributed by atoms with van der Waals surface area (Å²) in [5, 5.41) is 3.38. The fourth-order valence-electron chi connectivity index (χ4n) is 4.94. The van der Waals surface area contributed by atoms with E-state index in [2.05, 4.69) is 5.32 Å². The topological polar surface area (TPSA) is 86.8 Å². The van der Waals surface area contributed by atoms with Crippen LogP contribution in [0.15, 0.2) is 108 Å². The average molecular weight is 650 g/mol. The summed E-state index contributed by atoms with van der Waals surface area (Å²) in [5.41, 5.74) is 1.77. The van der Waals surface area contributed by atoms with Gasteiger partial charge in [-0.05, 0) is 67.8 Å². The van der Waals surface area contributed by atoms with Crippen molar-refractivity contribution in [1.29, 1.82) is 0 Å². The molecule has 0 unspecified atom stereocenters. The zero-order valence-corrected chi connectivity index (χ0v) is 27.1. The average Bonchev–Trinajstić information content (AvgIpc) is 3.03. The van der Waals surface area contributed by atoms with Gasteiger partial charge in [0.05, 0.1) is 10.6 Å². The van der Waals surface area contributed by atoms with E-state index in [0.29, 0.717) is 17.0 Å². The van der Waals surface area contributed by atoms with Gasteiger partial charge >= 0.3 is 0 Å². The molecule has 0 aliphatic carbocycles. The number of aryl methyl sites for hydroxylation is 1. The first kappa shape index (κ1) is 33.7. The van der Waals surface area contributed by atoms with Crippen LogP contribution in [0.25, 0.3) is 0 Å². The first-order chi connectivity index (χ1) is 21.5. The third-order valence-electron chi connectivity index (χ3n) is 7.61. The van der Waals surface area contributed by atoms with E-state index >= 15 is 4.39 Å². The summed E-state index contributed by atoms with van der Waals surface area (Å²) in [7, 11) is -4.26. The van der Waals surface area contributed by atoms with Crippen molar-refractivity contribution in [1.82, 2.24) is 10.2 Å². The van der Waals surface area contributed by atoms with Crippen LogP contribution in [0.4, 0.5) is 10.1 Å². The van der Waals surface area contributed by atoms with E-state index < -0.39 is 40.2 Å². The highest BCUT2D eigenvalue weighted by atomic mass is 35.5. The molecule has 0 saturated carbocycles. The molecule has 0 bridgehead atoms. The van der Waals surface area contributed by atoms with Crippen LogP contribution in [-0.4, -0.2) is 43.8 Å². The maximum Gasteiger partial charge on any atom is 0.264 e. The fraction of sp³-hybridized carbons (Fsp3) is 0.257. The van der Waals surface area contributed by atoms with Crippen molar-refractivity contribution in [3.63, 3.8) is 0 Å². The highest BCUT2D eigenvalue weighted by Gasteiger charge is 2.35. The van der Waals surface area contributed by atoms with Crippen LogP contribution in [0, 0.1) is 12.7 Å². The van der Waals surface area contributed by atoms with Crippen LogP contribution in [-0.2, 0) is 32.6 Å². The van der Waals surface area contributed by atoms with Crippen molar-refractivity contribution in [2.45, 2.75) is 57.1 Å². The molecule has 10 heteroatoms. The number of hydrogen-bond acceptors (Lipinski definition) is 4. The zero-order chi connectivity index (χ0) is 32.6. The number of sulfonamides is 1. The molecule has 2 amide bonds. The predicted octanol–water partition coefficient (Wildman–Crippen LogP) is 6.54. The molecule has 0 spiro atoms. The van der Waals surface area contributed by atoms with E-state index in [1.807, 2.05) is 44.2 Å². The van der Waals surface area contributed by atoms with Crippen molar-refractivity contribution in [3.8, 4) is 0 Å². The molecule has 4 aromatic carbocycles. The molecule has 7 nitrogen and oxygen atoms in total. The van der Waals surface area contributed by atoms with Gasteiger partial charge in [-0.2, -0.15) is 0 Å². The van der Waals surface area contributed by atoms with Crippen LogP contribution in [0.1, 0.15) is 37.0 Å². The van der Waals surface area contributed by atoms with Crippen LogP contribution in [0.3, 0.4) is 0 Å². The lowest BCUT2D eigenvalue weighted by Crippen LogP contribution is -2.54. The Kier molecular flexibility index (Phi) is 11.4. The monoisotopic (exact) mass is 649 g/mol. The van der Waals surface area contributed by atoms with Gasteiger partial charge in [0.1, 0.15) is 18.4 Å². The number of nitrogens with one attached hydrogen (secondary N) is 1. The molecule has 0 radical (unpaired) electrons. The Labute approximate surface area is 269 Å². The minimum atomic E-state index is -4.26. The summed E-state index contributed by atoms with van der Waals surface area (Å²) in [5.74, 6) is -1.64. The second-order valence-corrected chi connectivity index (χ2v) is 13.2. The van der Waals surface area contributed by atoms with E-state index in [0.717, 1.165) is 9.87 Å². The normalized spacial score (nSPS) is 12.6. The minimum Gasteiger partial charge on any atom is -0.352 e. The Morgan fingerprint density at radius 3 is 2.16 bits per heavy atom. The number of amides is 2. The minimum absolute atomic E-state index is 0.0110. The van der Waals surface area contributed by atoms with E-state index in [-0.39, 0.29) is 35.2 Å². The Balaban J connectivity index is 1.83. The number of carbonyl (C=O) groups is 2. The van der Waals surface area contributed by atoms with Crippen molar-refractivity contribution >= 4 is 39.1 Å². The Hall–Kier alpha value is -4.21. The maximum atomic E-state index is 15.0. The van der Waals surface area contributed by atoms with Crippen LogP contribution < -0.4 is 9.62 Å². The molecule has 0 aromatic heterocycles. The maximum absolute atomic E-state index is 15.0. The van der Waals surface area contributed by atoms with Gasteiger partial charge in [-0.1, -0.05) is 85.3 Å². The summed E-state index contributed by atoms with van der Waals surface area (Å²) in [6, 6.07) is 26.5. The van der Waals surface area contributed by atoms with Crippen LogP contribution >= 0.6 is 11.6 Å². The number of anilines is 1. The number of halogens is 2. The van der Waals surface area contributed by atoms with Gasteiger partial charge in [-0.3, -0.25) is 13.9 Å². The molecule has 45 heavy (non-hydrogen) atoms. The number of hydrogen-bond donors (Lipinski definition) is 1. The van der Waals surface area contributed by atoms with Crippen molar-refractivity contribution < 1.29 is 22.4 Å². The molecule has 1 N–H and O–H groups in total. The first-order valence-corrected chi connectivity index (χ1v) is 16.5. The lowest BCUT2D eigenvalue weighted by Gasteiger charge is -2.34. The SMILES string of the molecule is CC[C@@H](C)NC(=O)[C@H](Cc1ccccc1)N(Cc1ccccc1F)C(=O)CN(c1ccc(Cl)cc1C)S(=O)(=O)c1ccccc1. The largest absolute Gasteiger partial charge is 0.352 e. The van der Waals surface area contributed by atoms with Crippen LogP contribution in [0.5, 0.6) is 0 Å². The summed E-state index contributed by atoms with van der Waals surface area (Å²) >= 11 is 6.20. The van der Waals surface area contributed by atoms with E-state index in [4.69, 9.17) is 11.6 Å². The van der Waals surface area contributed by atoms with E-state index in [1.165, 1.54) is 23.1 Å². The number of benzene rings is 4. The third-order valence-corrected chi connectivity index (χ3v) is 9.62. The van der Waals surface area contributed by atoms with Crippen molar-refractivity contribution in [2.75, 3.05) is 10.8 Å². The summed E-state index contributed by atoms with van der Waals surface area (Å²) in [6.07, 6.45) is 0.790. The number of nitrogens with zero attached hydrogens (tertiary/aromatic N) is 2. The Bertz CT molecular complexity index is 1720.